The molecule has 2 heterocycles. The summed E-state index contributed by atoms with van der Waals surface area (Å²) in [6.45, 7) is 6.10. The molecule has 1 aliphatic heterocycles. The minimum absolute atomic E-state index is 0.164. The van der Waals surface area contributed by atoms with Gasteiger partial charge in [-0.15, -0.1) is 0 Å². The Balaban J connectivity index is 1.59. The van der Waals surface area contributed by atoms with Crippen LogP contribution in [0.25, 0.3) is 0 Å². The molecule has 1 aliphatic rings. The van der Waals surface area contributed by atoms with Gasteiger partial charge in [-0.25, -0.2) is 4.79 Å². The number of hydrogen-bond donors (Lipinski definition) is 1. The van der Waals surface area contributed by atoms with Crippen molar-refractivity contribution in [1.29, 1.82) is 0 Å². The minimum atomic E-state index is -0.811. The van der Waals surface area contributed by atoms with E-state index < -0.39 is 5.54 Å². The summed E-state index contributed by atoms with van der Waals surface area (Å²) in [6.07, 6.45) is 2.38. The molecule has 6 nitrogen and oxygen atoms in total. The first kappa shape index (κ1) is 18.2. The van der Waals surface area contributed by atoms with Crippen LogP contribution < -0.4 is 5.32 Å². The van der Waals surface area contributed by atoms with Crippen molar-refractivity contribution < 1.29 is 14.0 Å². The van der Waals surface area contributed by atoms with Crippen LogP contribution in [0.2, 0.25) is 0 Å². The quantitative estimate of drug-likeness (QED) is 0.739. The third kappa shape index (κ3) is 4.32. The van der Waals surface area contributed by atoms with Gasteiger partial charge in [0.2, 0.25) is 0 Å². The maximum atomic E-state index is 12.3. The second-order valence-corrected chi connectivity index (χ2v) is 7.14. The van der Waals surface area contributed by atoms with Crippen LogP contribution in [0.1, 0.15) is 31.6 Å². The summed E-state index contributed by atoms with van der Waals surface area (Å²) in [7, 11) is 0. The molecule has 1 aromatic carbocycles. The van der Waals surface area contributed by atoms with Gasteiger partial charge >= 0.3 is 6.03 Å². The van der Waals surface area contributed by atoms with E-state index in [0.29, 0.717) is 19.5 Å². The molecule has 1 aromatic heterocycles. The van der Waals surface area contributed by atoms with E-state index in [0.717, 1.165) is 18.8 Å². The molecule has 0 atom stereocenters. The number of rotatable bonds is 8. The number of benzene rings is 1. The summed E-state index contributed by atoms with van der Waals surface area (Å²) in [4.78, 5) is 27.8. The van der Waals surface area contributed by atoms with Crippen LogP contribution in [0, 0.1) is 0 Å². The van der Waals surface area contributed by atoms with Crippen LogP contribution in [0.3, 0.4) is 0 Å². The lowest BCUT2D eigenvalue weighted by molar-refractivity contribution is -0.130. The highest BCUT2D eigenvalue weighted by molar-refractivity contribution is 6.06. The van der Waals surface area contributed by atoms with E-state index in [9.17, 15) is 9.59 Å². The van der Waals surface area contributed by atoms with E-state index in [1.165, 1.54) is 10.5 Å². The molecule has 26 heavy (non-hydrogen) atoms. The smallest absolute Gasteiger partial charge is 0.325 e. The maximum absolute atomic E-state index is 12.3. The SMILES string of the molecule is CC1(C)NC(=O)N(CCCN(Cc2ccccc2)Cc2ccco2)C1=O. The van der Waals surface area contributed by atoms with Gasteiger partial charge < -0.3 is 9.73 Å². The molecule has 6 heteroatoms. The van der Waals surface area contributed by atoms with Gasteiger partial charge in [-0.2, -0.15) is 0 Å². The summed E-state index contributed by atoms with van der Waals surface area (Å²) in [5.74, 6) is 0.736. The van der Waals surface area contributed by atoms with Crippen LogP contribution in [0.15, 0.2) is 53.1 Å². The number of nitrogens with zero attached hydrogens (tertiary/aromatic N) is 2. The average molecular weight is 355 g/mol. The Labute approximate surface area is 153 Å². The van der Waals surface area contributed by atoms with E-state index in [-0.39, 0.29) is 11.9 Å². The molecular weight excluding hydrogens is 330 g/mol. The first-order valence-electron chi connectivity index (χ1n) is 8.88. The Hall–Kier alpha value is -2.60. The molecule has 0 bridgehead atoms. The molecule has 0 radical (unpaired) electrons. The number of hydrogen-bond acceptors (Lipinski definition) is 4. The minimum Gasteiger partial charge on any atom is -0.468 e. The number of carbonyl (C=O) groups excluding carboxylic acids is 2. The molecule has 138 valence electrons. The molecular formula is C20H25N3O3. The van der Waals surface area contributed by atoms with E-state index in [1.54, 1.807) is 20.1 Å². The van der Waals surface area contributed by atoms with Crippen molar-refractivity contribution in [2.45, 2.75) is 38.9 Å². The van der Waals surface area contributed by atoms with Gasteiger partial charge in [0, 0.05) is 19.6 Å². The number of amides is 3. The van der Waals surface area contributed by atoms with Crippen molar-refractivity contribution >= 4 is 11.9 Å². The summed E-state index contributed by atoms with van der Waals surface area (Å²) >= 11 is 0. The van der Waals surface area contributed by atoms with E-state index in [1.807, 2.05) is 30.3 Å². The Morgan fingerprint density at radius 1 is 1.08 bits per heavy atom. The second-order valence-electron chi connectivity index (χ2n) is 7.14. The number of imide groups is 1. The topological polar surface area (TPSA) is 65.8 Å². The van der Waals surface area contributed by atoms with Crippen LogP contribution in [-0.2, 0) is 17.9 Å². The zero-order chi connectivity index (χ0) is 18.6. The van der Waals surface area contributed by atoms with Crippen LogP contribution in [0.4, 0.5) is 4.79 Å². The van der Waals surface area contributed by atoms with Gasteiger partial charge in [0.25, 0.3) is 5.91 Å². The van der Waals surface area contributed by atoms with E-state index >= 15 is 0 Å². The standard InChI is InChI=1S/C20H25N3O3/c1-20(2)18(24)23(19(25)21-20)12-7-11-22(15-17-10-6-13-26-17)14-16-8-4-3-5-9-16/h3-6,8-10,13H,7,11-12,14-15H2,1-2H3,(H,21,25). The molecule has 1 N–H and O–H groups in total. The fourth-order valence-electron chi connectivity index (χ4n) is 3.15. The highest BCUT2D eigenvalue weighted by Crippen LogP contribution is 2.17. The summed E-state index contributed by atoms with van der Waals surface area (Å²) < 4.78 is 5.47. The summed E-state index contributed by atoms with van der Waals surface area (Å²) in [5.41, 5.74) is 0.407. The molecule has 0 aliphatic carbocycles. The molecule has 0 spiro atoms. The van der Waals surface area contributed by atoms with Gasteiger partial charge in [0.05, 0.1) is 12.8 Å². The fraction of sp³-hybridized carbons (Fsp3) is 0.400. The number of carbonyl (C=O) groups is 2. The summed E-state index contributed by atoms with van der Waals surface area (Å²) in [6, 6.07) is 13.8. The van der Waals surface area contributed by atoms with Crippen molar-refractivity contribution in [3.8, 4) is 0 Å². The van der Waals surface area contributed by atoms with Crippen molar-refractivity contribution in [3.63, 3.8) is 0 Å². The number of nitrogens with one attached hydrogen (secondary N) is 1. The highest BCUT2D eigenvalue weighted by atomic mass is 16.3. The zero-order valence-electron chi connectivity index (χ0n) is 15.3. The lowest BCUT2D eigenvalue weighted by atomic mass is 10.1. The third-order valence-corrected chi connectivity index (χ3v) is 4.51. The monoisotopic (exact) mass is 355 g/mol. The van der Waals surface area contributed by atoms with Crippen LogP contribution in [-0.4, -0.2) is 40.4 Å². The van der Waals surface area contributed by atoms with Crippen molar-refractivity contribution in [1.82, 2.24) is 15.1 Å². The fourth-order valence-corrected chi connectivity index (χ4v) is 3.15. The Kier molecular flexibility index (Phi) is 5.42. The van der Waals surface area contributed by atoms with Gasteiger partial charge in [0.1, 0.15) is 11.3 Å². The number of urea groups is 1. The number of furan rings is 1. The highest BCUT2D eigenvalue weighted by Gasteiger charge is 2.43. The largest absolute Gasteiger partial charge is 0.468 e. The lowest BCUT2D eigenvalue weighted by Gasteiger charge is -2.23. The average Bonchev–Trinajstić information content (AvgIpc) is 3.17. The van der Waals surface area contributed by atoms with Gasteiger partial charge in [-0.05, 0) is 38.0 Å². The summed E-state index contributed by atoms with van der Waals surface area (Å²) in [5, 5.41) is 2.72. The van der Waals surface area contributed by atoms with Crippen LogP contribution >= 0.6 is 0 Å². The zero-order valence-corrected chi connectivity index (χ0v) is 15.3. The Bertz CT molecular complexity index is 741. The first-order chi connectivity index (χ1) is 12.5. The molecule has 3 rings (SSSR count). The van der Waals surface area contributed by atoms with E-state index in [4.69, 9.17) is 4.42 Å². The molecule has 1 fully saturated rings. The Morgan fingerprint density at radius 2 is 1.85 bits per heavy atom. The molecule has 2 aromatic rings. The lowest BCUT2D eigenvalue weighted by Crippen LogP contribution is -2.40. The normalized spacial score (nSPS) is 16.3. The van der Waals surface area contributed by atoms with Crippen LogP contribution in [0.5, 0.6) is 0 Å². The Morgan fingerprint density at radius 3 is 2.46 bits per heavy atom. The predicted molar refractivity (Wildman–Crippen MR) is 98.2 cm³/mol. The molecule has 3 amide bonds. The molecule has 0 unspecified atom stereocenters. The van der Waals surface area contributed by atoms with Gasteiger partial charge in [0.15, 0.2) is 0 Å². The maximum Gasteiger partial charge on any atom is 0.325 e. The van der Waals surface area contributed by atoms with Crippen molar-refractivity contribution in [2.75, 3.05) is 13.1 Å². The van der Waals surface area contributed by atoms with Crippen molar-refractivity contribution in [2.24, 2.45) is 0 Å². The second kappa shape index (κ2) is 7.74. The van der Waals surface area contributed by atoms with Gasteiger partial charge in [-0.1, -0.05) is 30.3 Å². The third-order valence-electron chi connectivity index (χ3n) is 4.51. The predicted octanol–water partition coefficient (Wildman–Crippen LogP) is 3.00. The molecule has 1 saturated heterocycles. The van der Waals surface area contributed by atoms with E-state index in [2.05, 4.69) is 22.3 Å². The molecule has 0 saturated carbocycles. The van der Waals surface area contributed by atoms with Gasteiger partial charge in [-0.3, -0.25) is 14.6 Å². The van der Waals surface area contributed by atoms with Crippen molar-refractivity contribution in [3.05, 3.63) is 60.1 Å². The first-order valence-corrected chi connectivity index (χ1v) is 8.88.